The summed E-state index contributed by atoms with van der Waals surface area (Å²) in [6.07, 6.45) is 7.19. The standard InChI is InChI=1S/C16H28N2O3/c1-12(2)17(11-9-15(19)20)16(21)18-10-5-7-13-6-3-4-8-14(13)18/h12-14H,3-11H2,1-2H3,(H,19,20). The van der Waals surface area contributed by atoms with E-state index < -0.39 is 5.97 Å². The number of carboxylic acids is 1. The number of hydrogen-bond donors (Lipinski definition) is 1. The fourth-order valence-electron chi connectivity index (χ4n) is 3.82. The van der Waals surface area contributed by atoms with E-state index in [0.29, 0.717) is 18.5 Å². The van der Waals surface area contributed by atoms with Crippen LogP contribution in [0.5, 0.6) is 0 Å². The number of fused-ring (bicyclic) bond motifs is 1. The minimum atomic E-state index is -0.845. The van der Waals surface area contributed by atoms with Crippen molar-refractivity contribution in [2.24, 2.45) is 5.92 Å². The molecule has 1 saturated heterocycles. The van der Waals surface area contributed by atoms with Crippen LogP contribution < -0.4 is 0 Å². The number of carboxylic acid groups (broad SMARTS) is 1. The minimum Gasteiger partial charge on any atom is -0.481 e. The van der Waals surface area contributed by atoms with Crippen molar-refractivity contribution in [2.75, 3.05) is 13.1 Å². The third kappa shape index (κ3) is 3.89. The minimum absolute atomic E-state index is 0.0197. The van der Waals surface area contributed by atoms with Crippen LogP contribution in [0.25, 0.3) is 0 Å². The molecule has 2 atom stereocenters. The average Bonchev–Trinajstić information content (AvgIpc) is 2.46. The van der Waals surface area contributed by atoms with Gasteiger partial charge >= 0.3 is 12.0 Å². The zero-order valence-corrected chi connectivity index (χ0v) is 13.3. The highest BCUT2D eigenvalue weighted by molar-refractivity contribution is 5.76. The number of nitrogens with zero attached hydrogens (tertiary/aromatic N) is 2. The molecule has 0 aromatic heterocycles. The first-order chi connectivity index (χ1) is 10.0. The van der Waals surface area contributed by atoms with Gasteiger partial charge in [0.05, 0.1) is 6.42 Å². The normalized spacial score (nSPS) is 25.6. The van der Waals surface area contributed by atoms with Gasteiger partial charge in [-0.25, -0.2) is 4.79 Å². The molecule has 2 rings (SSSR count). The Morgan fingerprint density at radius 3 is 2.52 bits per heavy atom. The van der Waals surface area contributed by atoms with E-state index in [1.165, 1.54) is 25.7 Å². The van der Waals surface area contributed by atoms with E-state index in [1.807, 2.05) is 18.7 Å². The second-order valence-electron chi connectivity index (χ2n) is 6.66. The number of rotatable bonds is 4. The second-order valence-corrected chi connectivity index (χ2v) is 6.66. The van der Waals surface area contributed by atoms with Gasteiger partial charge in [-0.05, 0) is 45.4 Å². The molecule has 5 nitrogen and oxygen atoms in total. The fraction of sp³-hybridized carbons (Fsp3) is 0.875. The van der Waals surface area contributed by atoms with Crippen molar-refractivity contribution < 1.29 is 14.7 Å². The molecular weight excluding hydrogens is 268 g/mol. The number of likely N-dealkylation sites (tertiary alicyclic amines) is 1. The van der Waals surface area contributed by atoms with Crippen LogP contribution in [0.4, 0.5) is 4.79 Å². The number of carbonyl (C=O) groups excluding carboxylic acids is 1. The Labute approximate surface area is 127 Å². The lowest BCUT2D eigenvalue weighted by molar-refractivity contribution is -0.137. The highest BCUT2D eigenvalue weighted by atomic mass is 16.4. The largest absolute Gasteiger partial charge is 0.481 e. The highest BCUT2D eigenvalue weighted by Crippen LogP contribution is 2.35. The SMILES string of the molecule is CC(C)N(CCC(=O)O)C(=O)N1CCCC2CCCCC21. The lowest BCUT2D eigenvalue weighted by Gasteiger charge is -2.46. The number of carbonyl (C=O) groups is 2. The van der Waals surface area contributed by atoms with Gasteiger partial charge in [0.1, 0.15) is 0 Å². The maximum atomic E-state index is 12.9. The molecule has 1 aliphatic carbocycles. The molecule has 21 heavy (non-hydrogen) atoms. The molecule has 0 aromatic carbocycles. The molecular formula is C16H28N2O3. The van der Waals surface area contributed by atoms with Crippen molar-refractivity contribution >= 4 is 12.0 Å². The molecule has 0 aromatic rings. The van der Waals surface area contributed by atoms with Gasteiger partial charge in [0, 0.05) is 25.2 Å². The first kappa shape index (κ1) is 16.1. The monoisotopic (exact) mass is 296 g/mol. The van der Waals surface area contributed by atoms with Crippen molar-refractivity contribution in [3.63, 3.8) is 0 Å². The zero-order valence-electron chi connectivity index (χ0n) is 13.3. The molecule has 120 valence electrons. The van der Waals surface area contributed by atoms with Crippen LogP contribution in [-0.4, -0.2) is 52.1 Å². The van der Waals surface area contributed by atoms with Gasteiger partial charge in [0.2, 0.25) is 0 Å². The van der Waals surface area contributed by atoms with Crippen LogP contribution in [0, 0.1) is 5.92 Å². The molecule has 1 heterocycles. The topological polar surface area (TPSA) is 60.9 Å². The predicted molar refractivity (Wildman–Crippen MR) is 81.2 cm³/mol. The molecule has 2 unspecified atom stereocenters. The molecule has 1 N–H and O–H groups in total. The molecule has 2 fully saturated rings. The van der Waals surface area contributed by atoms with Crippen molar-refractivity contribution in [1.29, 1.82) is 0 Å². The third-order valence-corrected chi connectivity index (χ3v) is 4.92. The number of aliphatic carboxylic acids is 1. The van der Waals surface area contributed by atoms with Gasteiger partial charge < -0.3 is 14.9 Å². The summed E-state index contributed by atoms with van der Waals surface area (Å²) in [7, 11) is 0. The van der Waals surface area contributed by atoms with E-state index >= 15 is 0 Å². The molecule has 0 spiro atoms. The van der Waals surface area contributed by atoms with Crippen LogP contribution in [-0.2, 0) is 4.79 Å². The van der Waals surface area contributed by atoms with Crippen molar-refractivity contribution in [1.82, 2.24) is 9.80 Å². The van der Waals surface area contributed by atoms with Crippen LogP contribution in [0.15, 0.2) is 0 Å². The van der Waals surface area contributed by atoms with Crippen molar-refractivity contribution in [3.8, 4) is 0 Å². The predicted octanol–water partition coefficient (Wildman–Crippen LogP) is 2.95. The summed E-state index contributed by atoms with van der Waals surface area (Å²) < 4.78 is 0. The summed E-state index contributed by atoms with van der Waals surface area (Å²) in [6, 6.07) is 0.467. The number of urea groups is 1. The summed E-state index contributed by atoms with van der Waals surface area (Å²) in [6.45, 7) is 5.06. The van der Waals surface area contributed by atoms with Crippen LogP contribution in [0.1, 0.15) is 58.8 Å². The second kappa shape index (κ2) is 7.14. The third-order valence-electron chi connectivity index (χ3n) is 4.92. The number of piperidine rings is 1. The molecule has 5 heteroatoms. The van der Waals surface area contributed by atoms with E-state index in [2.05, 4.69) is 0 Å². The molecule has 1 saturated carbocycles. The Hall–Kier alpha value is -1.26. The Morgan fingerprint density at radius 1 is 1.19 bits per heavy atom. The van der Waals surface area contributed by atoms with Crippen LogP contribution in [0.2, 0.25) is 0 Å². The Kier molecular flexibility index (Phi) is 5.48. The summed E-state index contributed by atoms with van der Waals surface area (Å²) in [4.78, 5) is 27.4. The number of amides is 2. The van der Waals surface area contributed by atoms with E-state index in [9.17, 15) is 9.59 Å². The molecule has 1 aliphatic heterocycles. The maximum absolute atomic E-state index is 12.9. The molecule has 2 aliphatic rings. The van der Waals surface area contributed by atoms with Crippen LogP contribution in [0.3, 0.4) is 0 Å². The number of hydrogen-bond acceptors (Lipinski definition) is 2. The van der Waals surface area contributed by atoms with Gasteiger partial charge in [-0.1, -0.05) is 12.8 Å². The molecule has 0 bridgehead atoms. The maximum Gasteiger partial charge on any atom is 0.320 e. The first-order valence-electron chi connectivity index (χ1n) is 8.29. The quantitative estimate of drug-likeness (QED) is 0.867. The van der Waals surface area contributed by atoms with Crippen molar-refractivity contribution in [2.45, 2.75) is 70.9 Å². The molecule has 2 amide bonds. The van der Waals surface area contributed by atoms with Crippen LogP contribution >= 0.6 is 0 Å². The van der Waals surface area contributed by atoms with Gasteiger partial charge in [-0.15, -0.1) is 0 Å². The Bertz CT molecular complexity index is 382. The van der Waals surface area contributed by atoms with Gasteiger partial charge in [0.15, 0.2) is 0 Å². The Balaban J connectivity index is 2.05. The smallest absolute Gasteiger partial charge is 0.320 e. The molecule has 0 radical (unpaired) electrons. The highest BCUT2D eigenvalue weighted by Gasteiger charge is 2.37. The van der Waals surface area contributed by atoms with E-state index in [0.717, 1.165) is 19.4 Å². The lowest BCUT2D eigenvalue weighted by atomic mass is 9.78. The zero-order chi connectivity index (χ0) is 15.4. The van der Waals surface area contributed by atoms with E-state index in [-0.39, 0.29) is 18.5 Å². The summed E-state index contributed by atoms with van der Waals surface area (Å²) in [5, 5.41) is 8.87. The fourth-order valence-corrected chi connectivity index (χ4v) is 3.82. The Morgan fingerprint density at radius 2 is 1.86 bits per heavy atom. The summed E-state index contributed by atoms with van der Waals surface area (Å²) in [5.74, 6) is -0.187. The lowest BCUT2D eigenvalue weighted by Crippen LogP contribution is -2.55. The summed E-state index contributed by atoms with van der Waals surface area (Å²) >= 11 is 0. The van der Waals surface area contributed by atoms with Gasteiger partial charge in [-0.3, -0.25) is 4.79 Å². The summed E-state index contributed by atoms with van der Waals surface area (Å²) in [5.41, 5.74) is 0. The first-order valence-corrected chi connectivity index (χ1v) is 8.29. The van der Waals surface area contributed by atoms with Gasteiger partial charge in [0.25, 0.3) is 0 Å². The average molecular weight is 296 g/mol. The van der Waals surface area contributed by atoms with E-state index in [1.54, 1.807) is 4.90 Å². The van der Waals surface area contributed by atoms with Gasteiger partial charge in [-0.2, -0.15) is 0 Å². The van der Waals surface area contributed by atoms with Crippen molar-refractivity contribution in [3.05, 3.63) is 0 Å². The van der Waals surface area contributed by atoms with E-state index in [4.69, 9.17) is 5.11 Å².